The van der Waals surface area contributed by atoms with Crippen molar-refractivity contribution in [3.63, 3.8) is 0 Å². The second-order valence-electron chi connectivity index (χ2n) is 6.41. The summed E-state index contributed by atoms with van der Waals surface area (Å²) in [7, 11) is 1.48. The number of carboxylic acid groups (broad SMARTS) is 1. The van der Waals surface area contributed by atoms with E-state index in [1.165, 1.54) is 19.2 Å². The third kappa shape index (κ3) is 4.10. The average molecular weight is 390 g/mol. The number of rotatable bonds is 6. The number of hydrogen-bond acceptors (Lipinski definition) is 7. The van der Waals surface area contributed by atoms with Gasteiger partial charge in [-0.2, -0.15) is 0 Å². The highest BCUT2D eigenvalue weighted by Crippen LogP contribution is 2.38. The quantitative estimate of drug-likeness (QED) is 0.581. The molecule has 0 spiro atoms. The average Bonchev–Trinajstić information content (AvgIpc) is 2.70. The van der Waals surface area contributed by atoms with Crippen molar-refractivity contribution in [1.82, 2.24) is 0 Å². The Bertz CT molecular complexity index is 837. The largest absolute Gasteiger partial charge is 0.496 e. The van der Waals surface area contributed by atoms with E-state index in [0.717, 1.165) is 0 Å². The lowest BCUT2D eigenvalue weighted by Crippen LogP contribution is -2.51. The molecule has 0 amide bonds. The summed E-state index contributed by atoms with van der Waals surface area (Å²) in [6.07, 6.45) is -4.16. The third-order valence-corrected chi connectivity index (χ3v) is 4.60. The minimum atomic E-state index is -1.20. The highest BCUT2D eigenvalue weighted by Gasteiger charge is 2.37. The fourth-order valence-corrected chi connectivity index (χ4v) is 3.13. The molecule has 0 aliphatic carbocycles. The molecule has 1 saturated heterocycles. The number of carbonyl (C=O) groups is 1. The van der Waals surface area contributed by atoms with E-state index in [1.54, 1.807) is 30.3 Å². The predicted molar refractivity (Wildman–Crippen MR) is 98.4 cm³/mol. The monoisotopic (exact) mass is 390 g/mol. The Hall–Kier alpha value is -2.65. The first-order valence-electron chi connectivity index (χ1n) is 8.74. The molecule has 4 N–H and O–H groups in total. The molecular weight excluding hydrogens is 368 g/mol. The van der Waals surface area contributed by atoms with Crippen molar-refractivity contribution in [1.29, 1.82) is 0 Å². The standard InChI is InChI=1S/C20H22O8/c1-26-15-7-6-11(20(24)25)8-13(15)12-4-2-3-5-16(12)27-18-9-14(22)19(23)17(10-21)28-18/h2-8,14,17-19,21-23H,9-10H2,1H3,(H,24,25). The van der Waals surface area contributed by atoms with E-state index < -0.39 is 37.2 Å². The zero-order valence-corrected chi connectivity index (χ0v) is 15.2. The number of aromatic carboxylic acids is 1. The molecule has 0 bridgehead atoms. The second-order valence-corrected chi connectivity index (χ2v) is 6.41. The van der Waals surface area contributed by atoms with Crippen molar-refractivity contribution in [3.8, 4) is 22.6 Å². The fraction of sp³-hybridized carbons (Fsp3) is 0.350. The molecule has 4 unspecified atom stereocenters. The molecule has 2 aromatic carbocycles. The van der Waals surface area contributed by atoms with Crippen molar-refractivity contribution in [3.05, 3.63) is 48.0 Å². The second kappa shape index (κ2) is 8.57. The normalized spacial score (nSPS) is 24.6. The first-order valence-corrected chi connectivity index (χ1v) is 8.74. The lowest BCUT2D eigenvalue weighted by molar-refractivity contribution is -0.229. The minimum absolute atomic E-state index is 0.0122. The molecule has 0 aromatic heterocycles. The van der Waals surface area contributed by atoms with E-state index in [0.29, 0.717) is 22.6 Å². The van der Waals surface area contributed by atoms with Crippen LogP contribution in [0.4, 0.5) is 0 Å². The van der Waals surface area contributed by atoms with Crippen LogP contribution in [0.5, 0.6) is 11.5 Å². The van der Waals surface area contributed by atoms with E-state index in [2.05, 4.69) is 0 Å². The van der Waals surface area contributed by atoms with Crippen LogP contribution in [0.2, 0.25) is 0 Å². The summed E-state index contributed by atoms with van der Waals surface area (Å²) in [6.45, 7) is -0.464. The van der Waals surface area contributed by atoms with Crippen molar-refractivity contribution < 1.29 is 39.4 Å². The van der Waals surface area contributed by atoms with Gasteiger partial charge in [0.05, 0.1) is 25.4 Å². The van der Waals surface area contributed by atoms with Gasteiger partial charge in [0.1, 0.15) is 23.7 Å². The molecule has 1 fully saturated rings. The van der Waals surface area contributed by atoms with Crippen LogP contribution in [-0.2, 0) is 4.74 Å². The molecule has 4 atom stereocenters. The number of ether oxygens (including phenoxy) is 3. The zero-order valence-electron chi connectivity index (χ0n) is 15.2. The van der Waals surface area contributed by atoms with Gasteiger partial charge in [-0.05, 0) is 24.3 Å². The van der Waals surface area contributed by atoms with Gasteiger partial charge in [-0.15, -0.1) is 0 Å². The Morgan fingerprint density at radius 1 is 1.14 bits per heavy atom. The van der Waals surface area contributed by atoms with Gasteiger partial charge in [0.2, 0.25) is 6.29 Å². The summed E-state index contributed by atoms with van der Waals surface area (Å²) < 4.78 is 16.8. The lowest BCUT2D eigenvalue weighted by atomic mass is 10.00. The summed E-state index contributed by atoms with van der Waals surface area (Å²) >= 11 is 0. The first kappa shape index (κ1) is 20.1. The zero-order chi connectivity index (χ0) is 20.3. The van der Waals surface area contributed by atoms with Gasteiger partial charge >= 0.3 is 5.97 Å². The molecule has 150 valence electrons. The van der Waals surface area contributed by atoms with E-state index in [9.17, 15) is 25.2 Å². The highest BCUT2D eigenvalue weighted by atomic mass is 16.7. The smallest absolute Gasteiger partial charge is 0.335 e. The van der Waals surface area contributed by atoms with Crippen LogP contribution >= 0.6 is 0 Å². The van der Waals surface area contributed by atoms with Crippen LogP contribution in [0.3, 0.4) is 0 Å². The van der Waals surface area contributed by atoms with Crippen LogP contribution in [0.25, 0.3) is 11.1 Å². The Labute approximate surface area is 161 Å². The van der Waals surface area contributed by atoms with Crippen molar-refractivity contribution >= 4 is 5.97 Å². The molecule has 8 heteroatoms. The van der Waals surface area contributed by atoms with Gasteiger partial charge in [0.25, 0.3) is 0 Å². The Morgan fingerprint density at radius 2 is 1.89 bits per heavy atom. The van der Waals surface area contributed by atoms with Crippen molar-refractivity contribution in [2.75, 3.05) is 13.7 Å². The number of carboxylic acids is 1. The molecule has 3 rings (SSSR count). The van der Waals surface area contributed by atoms with Gasteiger partial charge in [0, 0.05) is 17.5 Å². The van der Waals surface area contributed by atoms with Gasteiger partial charge in [-0.25, -0.2) is 4.79 Å². The van der Waals surface area contributed by atoms with Crippen molar-refractivity contribution in [2.24, 2.45) is 0 Å². The van der Waals surface area contributed by atoms with Crippen LogP contribution in [-0.4, -0.2) is 64.7 Å². The maximum atomic E-state index is 11.4. The first-order chi connectivity index (χ1) is 13.4. The Balaban J connectivity index is 1.94. The summed E-state index contributed by atoms with van der Waals surface area (Å²) in [5.41, 5.74) is 1.19. The third-order valence-electron chi connectivity index (χ3n) is 4.60. The number of benzene rings is 2. The van der Waals surface area contributed by atoms with Gasteiger partial charge < -0.3 is 34.6 Å². The van der Waals surface area contributed by atoms with Crippen LogP contribution in [0.1, 0.15) is 16.8 Å². The number of aliphatic hydroxyl groups excluding tert-OH is 3. The molecule has 0 radical (unpaired) electrons. The van der Waals surface area contributed by atoms with E-state index >= 15 is 0 Å². The maximum absolute atomic E-state index is 11.4. The number of para-hydroxylation sites is 1. The minimum Gasteiger partial charge on any atom is -0.496 e. The predicted octanol–water partition coefficient (Wildman–Crippen LogP) is 1.27. The number of aliphatic hydroxyl groups is 3. The maximum Gasteiger partial charge on any atom is 0.335 e. The van der Waals surface area contributed by atoms with Gasteiger partial charge in [-0.1, -0.05) is 18.2 Å². The van der Waals surface area contributed by atoms with Crippen LogP contribution in [0.15, 0.2) is 42.5 Å². The topological polar surface area (TPSA) is 126 Å². The molecule has 8 nitrogen and oxygen atoms in total. The highest BCUT2D eigenvalue weighted by molar-refractivity contribution is 5.91. The summed E-state index contributed by atoms with van der Waals surface area (Å²) in [5.74, 6) is -0.219. The Morgan fingerprint density at radius 3 is 2.57 bits per heavy atom. The molecule has 1 aliphatic heterocycles. The molecular formula is C20H22O8. The summed E-state index contributed by atoms with van der Waals surface area (Å²) in [4.78, 5) is 11.4. The van der Waals surface area contributed by atoms with E-state index in [-0.39, 0.29) is 12.0 Å². The van der Waals surface area contributed by atoms with Crippen LogP contribution in [0, 0.1) is 0 Å². The summed E-state index contributed by atoms with van der Waals surface area (Å²) in [5, 5.41) is 38.4. The molecule has 2 aromatic rings. The van der Waals surface area contributed by atoms with Gasteiger partial charge in [0.15, 0.2) is 0 Å². The molecule has 0 saturated carbocycles. The van der Waals surface area contributed by atoms with E-state index in [1.807, 2.05) is 0 Å². The number of hydrogen-bond donors (Lipinski definition) is 4. The lowest BCUT2D eigenvalue weighted by Gasteiger charge is -2.36. The van der Waals surface area contributed by atoms with Crippen LogP contribution < -0.4 is 9.47 Å². The Kier molecular flexibility index (Phi) is 6.15. The van der Waals surface area contributed by atoms with E-state index in [4.69, 9.17) is 14.2 Å². The van der Waals surface area contributed by atoms with Gasteiger partial charge in [-0.3, -0.25) is 0 Å². The summed E-state index contributed by atoms with van der Waals surface area (Å²) in [6, 6.07) is 11.4. The van der Waals surface area contributed by atoms with Crippen molar-refractivity contribution in [2.45, 2.75) is 31.0 Å². The molecule has 28 heavy (non-hydrogen) atoms. The molecule has 1 aliphatic rings. The fourth-order valence-electron chi connectivity index (χ4n) is 3.13. The number of methoxy groups -OCH3 is 1. The SMILES string of the molecule is COc1ccc(C(=O)O)cc1-c1ccccc1OC1CC(O)C(O)C(CO)O1. The molecule has 1 heterocycles.